The maximum atomic E-state index is 14.1. The molecule has 2 aromatic heterocycles. The molecule has 0 saturated carbocycles. The van der Waals surface area contributed by atoms with E-state index < -0.39 is 9.84 Å². The third kappa shape index (κ3) is 3.92. The van der Waals surface area contributed by atoms with Crippen LogP contribution >= 0.6 is 0 Å². The standard InChI is InChI=1S/C22H18FN5O3S/c1-32(29,30)16-8-6-14(7-9-16)19-10-15(31-27-19)12-28-13-21-20(11-24-28)25-22(26-21)17-4-2-3-5-18(17)23/h2-11H,12-13H2,1H3,(H,25,26). The molecule has 162 valence electrons. The molecule has 0 aliphatic carbocycles. The number of H-pyrrole nitrogens is 1. The second kappa shape index (κ2) is 7.72. The predicted molar refractivity (Wildman–Crippen MR) is 116 cm³/mol. The number of halogens is 1. The second-order valence-electron chi connectivity index (χ2n) is 7.47. The van der Waals surface area contributed by atoms with Crippen LogP contribution < -0.4 is 0 Å². The first kappa shape index (κ1) is 20.1. The summed E-state index contributed by atoms with van der Waals surface area (Å²) in [5.74, 6) is 0.713. The highest BCUT2D eigenvalue weighted by atomic mass is 32.2. The first-order valence-electron chi connectivity index (χ1n) is 9.75. The molecule has 0 amide bonds. The van der Waals surface area contributed by atoms with Crippen molar-refractivity contribution in [3.63, 3.8) is 0 Å². The quantitative estimate of drug-likeness (QED) is 0.497. The Labute approximate surface area is 183 Å². The van der Waals surface area contributed by atoms with E-state index in [2.05, 4.69) is 20.2 Å². The summed E-state index contributed by atoms with van der Waals surface area (Å²) in [6.07, 6.45) is 2.82. The third-order valence-electron chi connectivity index (χ3n) is 5.10. The smallest absolute Gasteiger partial charge is 0.175 e. The summed E-state index contributed by atoms with van der Waals surface area (Å²) < 4.78 is 42.7. The van der Waals surface area contributed by atoms with E-state index in [4.69, 9.17) is 4.52 Å². The van der Waals surface area contributed by atoms with Gasteiger partial charge in [0.15, 0.2) is 15.6 Å². The molecule has 1 aliphatic heterocycles. The van der Waals surface area contributed by atoms with Crippen molar-refractivity contribution in [2.24, 2.45) is 5.10 Å². The van der Waals surface area contributed by atoms with Crippen molar-refractivity contribution in [3.8, 4) is 22.6 Å². The number of nitrogens with one attached hydrogen (secondary N) is 1. The summed E-state index contributed by atoms with van der Waals surface area (Å²) in [5.41, 5.74) is 3.25. The molecule has 10 heteroatoms. The van der Waals surface area contributed by atoms with Crippen LogP contribution in [0.1, 0.15) is 17.1 Å². The number of sulfone groups is 1. The zero-order valence-electron chi connectivity index (χ0n) is 17.0. The molecule has 8 nitrogen and oxygen atoms in total. The molecular formula is C22H18FN5O3S. The fraction of sp³-hybridized carbons (Fsp3) is 0.136. The van der Waals surface area contributed by atoms with Crippen LogP contribution in [0.2, 0.25) is 0 Å². The molecule has 1 N–H and O–H groups in total. The lowest BCUT2D eigenvalue weighted by Crippen LogP contribution is -2.21. The Morgan fingerprint density at radius 1 is 1.16 bits per heavy atom. The van der Waals surface area contributed by atoms with Gasteiger partial charge in [0, 0.05) is 17.9 Å². The lowest BCUT2D eigenvalue weighted by molar-refractivity contribution is 0.229. The molecular weight excluding hydrogens is 433 g/mol. The van der Waals surface area contributed by atoms with Crippen LogP contribution in [-0.4, -0.2) is 41.0 Å². The van der Waals surface area contributed by atoms with Gasteiger partial charge in [-0.2, -0.15) is 5.10 Å². The van der Waals surface area contributed by atoms with Crippen molar-refractivity contribution in [2.75, 3.05) is 6.26 Å². The van der Waals surface area contributed by atoms with Gasteiger partial charge in [-0.1, -0.05) is 29.4 Å². The zero-order chi connectivity index (χ0) is 22.3. The summed E-state index contributed by atoms with van der Waals surface area (Å²) in [7, 11) is -3.25. The Kier molecular flexibility index (Phi) is 4.86. The molecule has 0 saturated heterocycles. The lowest BCUT2D eigenvalue weighted by Gasteiger charge is -2.19. The second-order valence-corrected chi connectivity index (χ2v) is 9.48. The number of nitrogens with zero attached hydrogens (tertiary/aromatic N) is 4. The monoisotopic (exact) mass is 451 g/mol. The van der Waals surface area contributed by atoms with Crippen LogP contribution in [-0.2, 0) is 22.9 Å². The number of hydrazone groups is 1. The third-order valence-corrected chi connectivity index (χ3v) is 6.23. The Morgan fingerprint density at radius 3 is 2.69 bits per heavy atom. The van der Waals surface area contributed by atoms with E-state index in [0.717, 1.165) is 17.0 Å². The fourth-order valence-electron chi connectivity index (χ4n) is 3.46. The van der Waals surface area contributed by atoms with Gasteiger partial charge in [-0.3, -0.25) is 5.01 Å². The molecule has 3 heterocycles. The first-order chi connectivity index (χ1) is 15.4. The molecule has 32 heavy (non-hydrogen) atoms. The summed E-state index contributed by atoms with van der Waals surface area (Å²) in [6, 6.07) is 14.7. The highest BCUT2D eigenvalue weighted by Gasteiger charge is 2.20. The van der Waals surface area contributed by atoms with Crippen molar-refractivity contribution in [1.29, 1.82) is 0 Å². The van der Waals surface area contributed by atoms with Gasteiger partial charge in [0.2, 0.25) is 0 Å². The van der Waals surface area contributed by atoms with Crippen LogP contribution in [0.4, 0.5) is 4.39 Å². The van der Waals surface area contributed by atoms with Crippen LogP contribution in [0, 0.1) is 5.82 Å². The normalized spacial score (nSPS) is 13.4. The summed E-state index contributed by atoms with van der Waals surface area (Å²) in [4.78, 5) is 7.89. The van der Waals surface area contributed by atoms with E-state index in [9.17, 15) is 12.8 Å². The van der Waals surface area contributed by atoms with E-state index in [1.807, 2.05) is 0 Å². The molecule has 0 fully saturated rings. The Balaban J connectivity index is 1.30. The summed E-state index contributed by atoms with van der Waals surface area (Å²) in [6.45, 7) is 0.794. The molecule has 1 aliphatic rings. The molecule has 4 aromatic rings. The van der Waals surface area contributed by atoms with Gasteiger partial charge < -0.3 is 9.51 Å². The number of imidazole rings is 1. The Morgan fingerprint density at radius 2 is 1.94 bits per heavy atom. The minimum absolute atomic E-state index is 0.247. The summed E-state index contributed by atoms with van der Waals surface area (Å²) in [5, 5.41) is 10.2. The maximum absolute atomic E-state index is 14.1. The van der Waals surface area contributed by atoms with Crippen LogP contribution in [0.15, 0.2) is 69.1 Å². The highest BCUT2D eigenvalue weighted by molar-refractivity contribution is 7.90. The average molecular weight is 451 g/mol. The van der Waals surface area contributed by atoms with E-state index in [0.29, 0.717) is 35.9 Å². The van der Waals surface area contributed by atoms with Crippen molar-refractivity contribution in [2.45, 2.75) is 18.0 Å². The maximum Gasteiger partial charge on any atom is 0.175 e. The van der Waals surface area contributed by atoms with Gasteiger partial charge >= 0.3 is 0 Å². The molecule has 0 atom stereocenters. The first-order valence-corrected chi connectivity index (χ1v) is 11.6. The van der Waals surface area contributed by atoms with Gasteiger partial charge in [-0.05, 0) is 24.3 Å². The highest BCUT2D eigenvalue weighted by Crippen LogP contribution is 2.25. The molecule has 2 aromatic carbocycles. The Hall–Kier alpha value is -3.79. The number of fused-ring (bicyclic) bond motifs is 1. The molecule has 0 unspecified atom stereocenters. The van der Waals surface area contributed by atoms with Crippen LogP contribution in [0.5, 0.6) is 0 Å². The molecule has 0 bridgehead atoms. The SMILES string of the molecule is CS(=O)(=O)c1ccc(-c2cc(CN3Cc4nc(-c5ccccc5F)[nH]c4C=N3)on2)cc1. The van der Waals surface area contributed by atoms with E-state index in [-0.39, 0.29) is 10.7 Å². The van der Waals surface area contributed by atoms with Crippen LogP contribution in [0.3, 0.4) is 0 Å². The number of hydrogen-bond acceptors (Lipinski definition) is 7. The van der Waals surface area contributed by atoms with Crippen molar-refractivity contribution in [1.82, 2.24) is 20.1 Å². The molecule has 0 spiro atoms. The van der Waals surface area contributed by atoms with Crippen LogP contribution in [0.25, 0.3) is 22.6 Å². The molecule has 5 rings (SSSR count). The van der Waals surface area contributed by atoms with Gasteiger partial charge in [-0.25, -0.2) is 17.8 Å². The summed E-state index contributed by atoms with van der Waals surface area (Å²) >= 11 is 0. The topological polar surface area (TPSA) is 104 Å². The number of aromatic nitrogens is 3. The van der Waals surface area contributed by atoms with E-state index in [1.54, 1.807) is 59.8 Å². The number of benzene rings is 2. The Bertz CT molecular complexity index is 1420. The van der Waals surface area contributed by atoms with Crippen molar-refractivity contribution < 1.29 is 17.3 Å². The van der Waals surface area contributed by atoms with Gasteiger partial charge in [0.1, 0.15) is 17.3 Å². The van der Waals surface area contributed by atoms with Gasteiger partial charge in [0.05, 0.1) is 41.2 Å². The van der Waals surface area contributed by atoms with Gasteiger partial charge in [0.25, 0.3) is 0 Å². The minimum atomic E-state index is -3.25. The van der Waals surface area contributed by atoms with E-state index in [1.165, 1.54) is 12.3 Å². The molecule has 0 radical (unpaired) electrons. The van der Waals surface area contributed by atoms with Crippen molar-refractivity contribution in [3.05, 3.63) is 77.6 Å². The lowest BCUT2D eigenvalue weighted by atomic mass is 10.1. The largest absolute Gasteiger partial charge is 0.359 e. The predicted octanol–water partition coefficient (Wildman–Crippen LogP) is 3.62. The fourth-order valence-corrected chi connectivity index (χ4v) is 4.09. The zero-order valence-corrected chi connectivity index (χ0v) is 17.8. The number of hydrogen-bond donors (Lipinski definition) is 1. The van der Waals surface area contributed by atoms with E-state index >= 15 is 0 Å². The van der Waals surface area contributed by atoms with Crippen molar-refractivity contribution >= 4 is 16.1 Å². The number of rotatable bonds is 5. The average Bonchev–Trinajstić information content (AvgIpc) is 3.40. The number of aromatic amines is 1. The minimum Gasteiger partial charge on any atom is -0.359 e. The van der Waals surface area contributed by atoms with Gasteiger partial charge in [-0.15, -0.1) is 0 Å².